The van der Waals surface area contributed by atoms with Gasteiger partial charge in [-0.3, -0.25) is 14.2 Å². The Morgan fingerprint density at radius 1 is 1.30 bits per heavy atom. The Labute approximate surface area is 160 Å². The van der Waals surface area contributed by atoms with Gasteiger partial charge in [-0.15, -0.1) is 0 Å². The maximum absolute atomic E-state index is 12.8. The number of ether oxygens (including phenoxy) is 1. The zero-order chi connectivity index (χ0) is 18.8. The Morgan fingerprint density at radius 2 is 2.19 bits per heavy atom. The van der Waals surface area contributed by atoms with Crippen molar-refractivity contribution < 1.29 is 9.53 Å². The van der Waals surface area contributed by atoms with Crippen LogP contribution in [0.15, 0.2) is 53.6 Å². The molecule has 1 aliphatic rings. The molecular weight excluding hydrogens is 366 g/mol. The van der Waals surface area contributed by atoms with Crippen LogP contribution in [0.3, 0.4) is 0 Å². The molecule has 2 aromatic carbocycles. The van der Waals surface area contributed by atoms with Crippen LogP contribution in [0.1, 0.15) is 23.2 Å². The molecule has 1 amide bonds. The van der Waals surface area contributed by atoms with E-state index in [0.29, 0.717) is 33.7 Å². The molecule has 1 aromatic heterocycles. The van der Waals surface area contributed by atoms with Crippen LogP contribution in [0.4, 0.5) is 0 Å². The average Bonchev–Trinajstić information content (AvgIpc) is 3.20. The zero-order valence-electron chi connectivity index (χ0n) is 14.5. The number of aromatic nitrogens is 2. The monoisotopic (exact) mass is 383 g/mol. The lowest BCUT2D eigenvalue weighted by atomic mass is 10.1. The van der Waals surface area contributed by atoms with Crippen LogP contribution in [0.5, 0.6) is 0 Å². The van der Waals surface area contributed by atoms with Crippen molar-refractivity contribution in [1.29, 1.82) is 0 Å². The molecule has 1 fully saturated rings. The number of rotatable bonds is 4. The fraction of sp³-hybridized carbons (Fsp3) is 0.250. The zero-order valence-corrected chi connectivity index (χ0v) is 15.3. The van der Waals surface area contributed by atoms with E-state index in [1.54, 1.807) is 42.5 Å². The molecule has 1 saturated heterocycles. The minimum Gasteiger partial charge on any atom is -0.376 e. The lowest BCUT2D eigenvalue weighted by Crippen LogP contribution is -2.31. The third-order valence-corrected chi connectivity index (χ3v) is 4.86. The van der Waals surface area contributed by atoms with Crippen LogP contribution >= 0.6 is 11.6 Å². The topological polar surface area (TPSA) is 73.2 Å². The Balaban J connectivity index is 1.60. The van der Waals surface area contributed by atoms with Gasteiger partial charge in [0.1, 0.15) is 6.33 Å². The van der Waals surface area contributed by atoms with Crippen molar-refractivity contribution in [3.8, 4) is 5.69 Å². The lowest BCUT2D eigenvalue weighted by Gasteiger charge is -2.11. The number of fused-ring (bicyclic) bond motifs is 1. The molecule has 1 atom stereocenters. The highest BCUT2D eigenvalue weighted by molar-refractivity contribution is 6.30. The van der Waals surface area contributed by atoms with Crippen molar-refractivity contribution in [3.05, 3.63) is 69.7 Å². The first-order valence-electron chi connectivity index (χ1n) is 8.79. The van der Waals surface area contributed by atoms with E-state index in [1.165, 1.54) is 10.9 Å². The van der Waals surface area contributed by atoms with Gasteiger partial charge in [0, 0.05) is 23.7 Å². The minimum absolute atomic E-state index is 0.0810. The van der Waals surface area contributed by atoms with Crippen LogP contribution < -0.4 is 10.9 Å². The molecule has 0 spiro atoms. The SMILES string of the molecule is O=C(NC[C@@H]1CCCO1)c1ccc2c(=O)n(-c3cccc(Cl)c3)cnc2c1. The highest BCUT2D eigenvalue weighted by atomic mass is 35.5. The molecule has 7 heteroatoms. The second-order valence-electron chi connectivity index (χ2n) is 6.48. The number of nitrogens with zero attached hydrogens (tertiary/aromatic N) is 2. The van der Waals surface area contributed by atoms with Gasteiger partial charge in [-0.2, -0.15) is 0 Å². The van der Waals surface area contributed by atoms with Crippen molar-refractivity contribution in [2.24, 2.45) is 0 Å². The van der Waals surface area contributed by atoms with Gasteiger partial charge in [-0.05, 0) is 49.2 Å². The summed E-state index contributed by atoms with van der Waals surface area (Å²) in [5.74, 6) is -0.201. The molecule has 6 nitrogen and oxygen atoms in total. The number of hydrogen-bond acceptors (Lipinski definition) is 4. The summed E-state index contributed by atoms with van der Waals surface area (Å²) < 4.78 is 6.94. The summed E-state index contributed by atoms with van der Waals surface area (Å²) in [6.45, 7) is 1.24. The van der Waals surface area contributed by atoms with E-state index in [-0.39, 0.29) is 17.6 Å². The van der Waals surface area contributed by atoms with Crippen LogP contribution in [0.2, 0.25) is 5.02 Å². The van der Waals surface area contributed by atoms with Crippen molar-refractivity contribution in [2.45, 2.75) is 18.9 Å². The molecular formula is C20H18ClN3O3. The molecule has 27 heavy (non-hydrogen) atoms. The van der Waals surface area contributed by atoms with Gasteiger partial charge in [-0.1, -0.05) is 17.7 Å². The molecule has 0 unspecified atom stereocenters. The van der Waals surface area contributed by atoms with Gasteiger partial charge in [0.15, 0.2) is 0 Å². The van der Waals surface area contributed by atoms with Gasteiger partial charge in [0.2, 0.25) is 0 Å². The fourth-order valence-electron chi connectivity index (χ4n) is 3.19. The second-order valence-corrected chi connectivity index (χ2v) is 6.91. The predicted molar refractivity (Wildman–Crippen MR) is 104 cm³/mol. The molecule has 0 saturated carbocycles. The first-order chi connectivity index (χ1) is 13.1. The van der Waals surface area contributed by atoms with Crippen molar-refractivity contribution in [3.63, 3.8) is 0 Å². The standard InChI is InChI=1S/C20H18ClN3O3/c21-14-3-1-4-15(10-14)24-12-23-18-9-13(6-7-17(18)20(24)26)19(25)22-11-16-5-2-8-27-16/h1,3-4,6-7,9-10,12,16H,2,5,8,11H2,(H,22,25)/t16-/m0/s1. The number of amides is 1. The van der Waals surface area contributed by atoms with Crippen LogP contribution in [0, 0.1) is 0 Å². The molecule has 138 valence electrons. The number of nitrogens with one attached hydrogen (secondary N) is 1. The summed E-state index contributed by atoms with van der Waals surface area (Å²) in [5.41, 5.74) is 1.37. The Morgan fingerprint density at radius 3 is 2.96 bits per heavy atom. The summed E-state index contributed by atoms with van der Waals surface area (Å²) in [5, 5.41) is 3.85. The number of benzene rings is 2. The van der Waals surface area contributed by atoms with Crippen LogP contribution in [-0.2, 0) is 4.74 Å². The minimum atomic E-state index is -0.214. The lowest BCUT2D eigenvalue weighted by molar-refractivity contribution is 0.0858. The smallest absolute Gasteiger partial charge is 0.265 e. The largest absolute Gasteiger partial charge is 0.376 e. The molecule has 2 heterocycles. The maximum atomic E-state index is 12.8. The van der Waals surface area contributed by atoms with E-state index in [0.717, 1.165) is 19.4 Å². The maximum Gasteiger partial charge on any atom is 0.265 e. The summed E-state index contributed by atoms with van der Waals surface area (Å²) in [6, 6.07) is 11.9. The number of carbonyl (C=O) groups excluding carboxylic acids is 1. The van der Waals surface area contributed by atoms with Gasteiger partial charge >= 0.3 is 0 Å². The molecule has 0 aliphatic carbocycles. The van der Waals surface area contributed by atoms with E-state index in [9.17, 15) is 9.59 Å². The summed E-state index contributed by atoms with van der Waals surface area (Å²) >= 11 is 6.01. The van der Waals surface area contributed by atoms with E-state index in [1.807, 2.05) is 0 Å². The Hall–Kier alpha value is -2.70. The summed E-state index contributed by atoms with van der Waals surface area (Å²) in [6.07, 6.45) is 3.52. The van der Waals surface area contributed by atoms with E-state index >= 15 is 0 Å². The first kappa shape index (κ1) is 17.7. The molecule has 0 radical (unpaired) electrons. The van der Waals surface area contributed by atoms with Crippen molar-refractivity contribution in [2.75, 3.05) is 13.2 Å². The summed E-state index contributed by atoms with van der Waals surface area (Å²) in [7, 11) is 0. The normalized spacial score (nSPS) is 16.6. The second kappa shape index (κ2) is 7.50. The van der Waals surface area contributed by atoms with E-state index in [2.05, 4.69) is 10.3 Å². The van der Waals surface area contributed by atoms with E-state index in [4.69, 9.17) is 16.3 Å². The number of hydrogen-bond donors (Lipinski definition) is 1. The number of halogens is 1. The third kappa shape index (κ3) is 3.72. The molecule has 4 rings (SSSR count). The average molecular weight is 384 g/mol. The van der Waals surface area contributed by atoms with Crippen molar-refractivity contribution >= 4 is 28.4 Å². The highest BCUT2D eigenvalue weighted by Crippen LogP contribution is 2.16. The summed E-state index contributed by atoms with van der Waals surface area (Å²) in [4.78, 5) is 29.5. The third-order valence-electron chi connectivity index (χ3n) is 4.62. The van der Waals surface area contributed by atoms with Crippen molar-refractivity contribution in [1.82, 2.24) is 14.9 Å². The Kier molecular flexibility index (Phi) is 4.92. The fourth-order valence-corrected chi connectivity index (χ4v) is 3.37. The first-order valence-corrected chi connectivity index (χ1v) is 9.17. The Bertz CT molecular complexity index is 1060. The van der Waals surface area contributed by atoms with Crippen LogP contribution in [-0.4, -0.2) is 34.7 Å². The quantitative estimate of drug-likeness (QED) is 0.751. The molecule has 1 N–H and O–H groups in total. The molecule has 1 aliphatic heterocycles. The highest BCUT2D eigenvalue weighted by Gasteiger charge is 2.17. The van der Waals surface area contributed by atoms with Gasteiger partial charge < -0.3 is 10.1 Å². The number of carbonyl (C=O) groups is 1. The van der Waals surface area contributed by atoms with Crippen LogP contribution in [0.25, 0.3) is 16.6 Å². The van der Waals surface area contributed by atoms with Gasteiger partial charge in [0.25, 0.3) is 11.5 Å². The molecule has 3 aromatic rings. The van der Waals surface area contributed by atoms with Gasteiger partial charge in [0.05, 0.1) is 22.7 Å². The van der Waals surface area contributed by atoms with E-state index < -0.39 is 0 Å². The van der Waals surface area contributed by atoms with Gasteiger partial charge in [-0.25, -0.2) is 4.98 Å². The predicted octanol–water partition coefficient (Wildman–Crippen LogP) is 2.95. The molecule has 0 bridgehead atoms.